The number of amides is 1. The summed E-state index contributed by atoms with van der Waals surface area (Å²) in [5, 5.41) is 16.8. The van der Waals surface area contributed by atoms with Gasteiger partial charge in [-0.25, -0.2) is 4.98 Å². The van der Waals surface area contributed by atoms with Crippen LogP contribution in [0.4, 0.5) is 45.2 Å². The van der Waals surface area contributed by atoms with Crippen LogP contribution in [-0.4, -0.2) is 50.2 Å². The second-order valence-electron chi connectivity index (χ2n) is 9.47. The molecule has 9 nitrogen and oxygen atoms in total. The first-order valence-corrected chi connectivity index (χ1v) is 12.5. The molecule has 0 aliphatic carbocycles. The maximum Gasteiger partial charge on any atom is 0.573 e. The lowest BCUT2D eigenvalue weighted by Crippen LogP contribution is -2.42. The molecule has 0 saturated heterocycles. The standard InChI is InChI=1S/C24H19ClF9N5O4/c25-12-6-11(7-13(8-12)43-24(32,33)34)10-39-5-3-1-2-4-21(41,23(29,30)31)20-38-37-18(42-20)17-15(35)9-14(22(26,27)28)16(36-17)19(39)40/h6-9,41H,1-5,10,35H2. The third kappa shape index (κ3) is 7.06. The second-order valence-corrected chi connectivity index (χ2v) is 9.91. The highest BCUT2D eigenvalue weighted by molar-refractivity contribution is 6.30. The van der Waals surface area contributed by atoms with Crippen molar-refractivity contribution in [2.45, 2.75) is 56.5 Å². The van der Waals surface area contributed by atoms with Crippen molar-refractivity contribution in [3.63, 3.8) is 0 Å². The average Bonchev–Trinajstić information content (AvgIpc) is 3.34. The van der Waals surface area contributed by atoms with Gasteiger partial charge < -0.3 is 24.9 Å². The Morgan fingerprint density at radius 3 is 2.33 bits per heavy atom. The van der Waals surface area contributed by atoms with Crippen molar-refractivity contribution in [2.24, 2.45) is 0 Å². The molecule has 2 aromatic heterocycles. The monoisotopic (exact) mass is 647 g/mol. The van der Waals surface area contributed by atoms with Crippen LogP contribution in [0, 0.1) is 0 Å². The number of nitrogens with two attached hydrogens (primary N) is 1. The lowest BCUT2D eigenvalue weighted by atomic mass is 9.95. The molecule has 4 rings (SSSR count). The zero-order chi connectivity index (χ0) is 32.0. The van der Waals surface area contributed by atoms with Crippen LogP contribution in [-0.2, 0) is 18.3 Å². The smallest absolute Gasteiger partial charge is 0.416 e. The minimum Gasteiger partial charge on any atom is -0.416 e. The summed E-state index contributed by atoms with van der Waals surface area (Å²) in [7, 11) is 0. The van der Waals surface area contributed by atoms with Crippen molar-refractivity contribution in [2.75, 3.05) is 12.3 Å². The molecule has 19 heteroatoms. The Bertz CT molecular complexity index is 1510. The van der Waals surface area contributed by atoms with Crippen LogP contribution in [0.1, 0.15) is 53.2 Å². The van der Waals surface area contributed by atoms with Crippen molar-refractivity contribution >= 4 is 23.2 Å². The predicted octanol–water partition coefficient (Wildman–Crippen LogP) is 6.25. The number of pyridine rings is 1. The minimum absolute atomic E-state index is 0.0848. The largest absolute Gasteiger partial charge is 0.573 e. The molecule has 1 unspecified atom stereocenters. The summed E-state index contributed by atoms with van der Waals surface area (Å²) in [5.74, 6) is -4.34. The Balaban J connectivity index is 1.84. The van der Waals surface area contributed by atoms with Gasteiger partial charge in [-0.05, 0) is 49.1 Å². The van der Waals surface area contributed by atoms with Crippen LogP contribution >= 0.6 is 11.6 Å². The molecule has 3 N–H and O–H groups in total. The molecule has 3 heterocycles. The summed E-state index contributed by atoms with van der Waals surface area (Å²) < 4.78 is 131. The van der Waals surface area contributed by atoms with Gasteiger partial charge in [0.25, 0.3) is 17.7 Å². The number of nitrogens with zero attached hydrogens (tertiary/aromatic N) is 4. The van der Waals surface area contributed by atoms with Crippen LogP contribution < -0.4 is 10.5 Å². The quantitative estimate of drug-likeness (QED) is 0.320. The van der Waals surface area contributed by atoms with Gasteiger partial charge in [0.2, 0.25) is 5.60 Å². The van der Waals surface area contributed by atoms with Crippen molar-refractivity contribution in [3.05, 3.63) is 52.0 Å². The topological polar surface area (TPSA) is 128 Å². The van der Waals surface area contributed by atoms with E-state index in [1.54, 1.807) is 0 Å². The van der Waals surface area contributed by atoms with E-state index >= 15 is 0 Å². The van der Waals surface area contributed by atoms with E-state index in [0.29, 0.717) is 6.07 Å². The number of aliphatic hydroxyl groups is 1. The molecule has 0 radical (unpaired) electrons. The number of aromatic nitrogens is 3. The number of nitrogen functional groups attached to an aromatic ring is 1. The molecule has 1 atom stereocenters. The summed E-state index contributed by atoms with van der Waals surface area (Å²) in [5.41, 5.74) is -2.47. The number of halogens is 10. The molecule has 1 amide bonds. The summed E-state index contributed by atoms with van der Waals surface area (Å²) in [6, 6.07) is 3.11. The van der Waals surface area contributed by atoms with Crippen molar-refractivity contribution in [3.8, 4) is 17.3 Å². The normalized spacial score (nSPS) is 18.9. The van der Waals surface area contributed by atoms with Crippen LogP contribution in [0.2, 0.25) is 5.02 Å². The van der Waals surface area contributed by atoms with Crippen LogP contribution in [0.5, 0.6) is 5.75 Å². The first-order chi connectivity index (χ1) is 19.8. The maximum atomic E-state index is 14.0. The van der Waals surface area contributed by atoms with Gasteiger partial charge in [0, 0.05) is 18.1 Å². The van der Waals surface area contributed by atoms with E-state index in [2.05, 4.69) is 19.9 Å². The average molecular weight is 648 g/mol. The van der Waals surface area contributed by atoms with E-state index in [1.807, 2.05) is 0 Å². The first kappa shape index (κ1) is 32.1. The molecule has 0 spiro atoms. The fraction of sp³-hybridized carbons (Fsp3) is 0.417. The first-order valence-electron chi connectivity index (χ1n) is 12.1. The molecular weight excluding hydrogens is 629 g/mol. The maximum absolute atomic E-state index is 14.0. The van der Waals surface area contributed by atoms with Gasteiger partial charge in [0.15, 0.2) is 5.69 Å². The van der Waals surface area contributed by atoms with Crippen LogP contribution in [0.15, 0.2) is 28.7 Å². The zero-order valence-corrected chi connectivity index (χ0v) is 22.1. The number of carbonyl (C=O) groups excluding carboxylic acids is 1. The fourth-order valence-corrected chi connectivity index (χ4v) is 4.57. The summed E-state index contributed by atoms with van der Waals surface area (Å²) in [6.45, 7) is -0.994. The van der Waals surface area contributed by atoms with Gasteiger partial charge in [-0.3, -0.25) is 4.79 Å². The highest BCUT2D eigenvalue weighted by atomic mass is 35.5. The number of fused-ring (bicyclic) bond motifs is 5. The third-order valence-electron chi connectivity index (χ3n) is 6.30. The molecule has 3 aromatic rings. The number of rotatable bonds is 3. The molecule has 1 aromatic carbocycles. The number of benzene rings is 1. The number of hydrogen-bond acceptors (Lipinski definition) is 8. The molecular formula is C24H19ClF9N5O4. The van der Waals surface area contributed by atoms with E-state index in [4.69, 9.17) is 21.8 Å². The summed E-state index contributed by atoms with van der Waals surface area (Å²) >= 11 is 5.89. The Morgan fingerprint density at radius 2 is 1.70 bits per heavy atom. The SMILES string of the molecule is Nc1cc(C(F)(F)F)c2nc1-c1nnc(o1)C(O)(C(F)(F)F)CCCCCN(Cc1cc(Cl)cc(OC(F)(F)F)c1)C2=O. The van der Waals surface area contributed by atoms with Gasteiger partial charge >= 0.3 is 18.7 Å². The lowest BCUT2D eigenvalue weighted by molar-refractivity contribution is -0.277. The number of alkyl halides is 9. The number of carbonyl (C=O) groups is 1. The molecule has 1 aliphatic heterocycles. The van der Waals surface area contributed by atoms with Gasteiger partial charge in [-0.1, -0.05) is 18.0 Å². The second kappa shape index (κ2) is 11.4. The highest BCUT2D eigenvalue weighted by Gasteiger charge is 2.58. The lowest BCUT2D eigenvalue weighted by Gasteiger charge is -2.28. The van der Waals surface area contributed by atoms with E-state index < -0.39 is 83.4 Å². The predicted molar refractivity (Wildman–Crippen MR) is 128 cm³/mol. The van der Waals surface area contributed by atoms with Crippen molar-refractivity contribution in [1.82, 2.24) is 20.1 Å². The summed E-state index contributed by atoms with van der Waals surface area (Å²) in [6.07, 6.45) is -17.1. The third-order valence-corrected chi connectivity index (χ3v) is 6.52. The zero-order valence-electron chi connectivity index (χ0n) is 21.4. The van der Waals surface area contributed by atoms with E-state index in [0.717, 1.165) is 23.1 Å². The summed E-state index contributed by atoms with van der Waals surface area (Å²) in [4.78, 5) is 18.0. The van der Waals surface area contributed by atoms with Gasteiger partial charge in [-0.15, -0.1) is 23.4 Å². The molecule has 234 valence electrons. The molecule has 0 saturated carbocycles. The highest BCUT2D eigenvalue weighted by Crippen LogP contribution is 2.44. The number of anilines is 1. The Kier molecular flexibility index (Phi) is 8.49. The van der Waals surface area contributed by atoms with Gasteiger partial charge in [0.1, 0.15) is 11.4 Å². The van der Waals surface area contributed by atoms with E-state index in [9.17, 15) is 49.4 Å². The molecule has 1 aliphatic rings. The van der Waals surface area contributed by atoms with Crippen molar-refractivity contribution in [1.29, 1.82) is 0 Å². The Hall–Kier alpha value is -3.80. The van der Waals surface area contributed by atoms with Crippen LogP contribution in [0.25, 0.3) is 11.6 Å². The minimum atomic E-state index is -5.30. The van der Waals surface area contributed by atoms with Crippen LogP contribution in [0.3, 0.4) is 0 Å². The fourth-order valence-electron chi connectivity index (χ4n) is 4.32. The number of ether oxygens (including phenoxy) is 1. The van der Waals surface area contributed by atoms with E-state index in [-0.39, 0.29) is 36.4 Å². The number of hydrogen-bond donors (Lipinski definition) is 2. The Labute approximate surface area is 240 Å². The molecule has 0 fully saturated rings. The molecule has 4 bridgehead atoms. The Morgan fingerprint density at radius 1 is 1.00 bits per heavy atom. The molecule has 43 heavy (non-hydrogen) atoms. The van der Waals surface area contributed by atoms with Crippen molar-refractivity contribution < 1.29 is 58.6 Å². The van der Waals surface area contributed by atoms with Gasteiger partial charge in [0.05, 0.1) is 11.3 Å². The van der Waals surface area contributed by atoms with E-state index in [1.165, 1.54) is 0 Å². The van der Waals surface area contributed by atoms with Gasteiger partial charge in [-0.2, -0.15) is 26.3 Å².